The van der Waals surface area contributed by atoms with Crippen molar-refractivity contribution in [2.75, 3.05) is 6.54 Å². The van der Waals surface area contributed by atoms with Gasteiger partial charge in [0.1, 0.15) is 0 Å². The summed E-state index contributed by atoms with van der Waals surface area (Å²) in [6, 6.07) is 3.52. The maximum atomic E-state index is 6.27. The molecule has 2 aromatic rings. The number of nitrogens with zero attached hydrogens (tertiary/aromatic N) is 1. The van der Waals surface area contributed by atoms with E-state index in [1.54, 1.807) is 12.4 Å². The molecule has 0 fully saturated rings. The molecule has 2 rings (SSSR count). The summed E-state index contributed by atoms with van der Waals surface area (Å²) in [4.78, 5) is 4.24. The molecule has 1 N–H and O–H groups in total. The fourth-order valence-corrected chi connectivity index (χ4v) is 2.98. The van der Waals surface area contributed by atoms with E-state index >= 15 is 0 Å². The van der Waals surface area contributed by atoms with Gasteiger partial charge in [0.25, 0.3) is 0 Å². The molecule has 0 atom stereocenters. The van der Waals surface area contributed by atoms with Gasteiger partial charge in [-0.1, -0.05) is 53.3 Å². The molecule has 1 aromatic carbocycles. The average Bonchev–Trinajstić information content (AvgIpc) is 2.46. The van der Waals surface area contributed by atoms with Gasteiger partial charge in [0, 0.05) is 30.1 Å². The first-order valence-corrected chi connectivity index (χ1v) is 8.03. The van der Waals surface area contributed by atoms with Crippen molar-refractivity contribution in [1.29, 1.82) is 0 Å². The third-order valence-electron chi connectivity index (χ3n) is 2.95. The Balaban J connectivity index is 2.41. The van der Waals surface area contributed by atoms with E-state index in [2.05, 4.69) is 17.2 Å². The Kier molecular flexibility index (Phi) is 6.15. The lowest BCUT2D eigenvalue weighted by Crippen LogP contribution is -2.13. The van der Waals surface area contributed by atoms with Crippen LogP contribution < -0.4 is 5.32 Å². The molecule has 1 aromatic heterocycles. The molecule has 0 bridgehead atoms. The van der Waals surface area contributed by atoms with Crippen LogP contribution in [0.15, 0.2) is 24.5 Å². The van der Waals surface area contributed by atoms with Crippen molar-refractivity contribution in [3.05, 3.63) is 50.2 Å². The summed E-state index contributed by atoms with van der Waals surface area (Å²) < 4.78 is 0. The first-order chi connectivity index (χ1) is 10.0. The van der Waals surface area contributed by atoms with Gasteiger partial charge >= 0.3 is 0 Å². The van der Waals surface area contributed by atoms with E-state index in [0.717, 1.165) is 30.6 Å². The Morgan fingerprint density at radius 2 is 1.67 bits per heavy atom. The molecule has 0 aliphatic heterocycles. The van der Waals surface area contributed by atoms with E-state index in [1.807, 2.05) is 6.07 Å². The molecule has 2 nitrogen and oxygen atoms in total. The molecule has 0 saturated heterocycles. The van der Waals surface area contributed by atoms with Gasteiger partial charge in [0.15, 0.2) is 0 Å². The van der Waals surface area contributed by atoms with Gasteiger partial charge < -0.3 is 5.32 Å². The largest absolute Gasteiger partial charge is 0.313 e. The lowest BCUT2D eigenvalue weighted by molar-refractivity contribution is 0.674. The van der Waals surface area contributed by atoms with E-state index in [9.17, 15) is 0 Å². The minimum atomic E-state index is 0.371. The van der Waals surface area contributed by atoms with Crippen LogP contribution in [-0.4, -0.2) is 11.5 Å². The van der Waals surface area contributed by atoms with Gasteiger partial charge in [-0.05, 0) is 30.7 Å². The second kappa shape index (κ2) is 7.66. The van der Waals surface area contributed by atoms with Crippen LogP contribution in [0.1, 0.15) is 18.9 Å². The molecule has 1 heterocycles. The number of hydrogen-bond acceptors (Lipinski definition) is 2. The number of benzene rings is 1. The molecule has 0 aliphatic carbocycles. The lowest BCUT2D eigenvalue weighted by atomic mass is 10.1. The molecule has 0 saturated carbocycles. The minimum Gasteiger partial charge on any atom is -0.313 e. The number of nitrogens with one attached hydrogen (secondary N) is 1. The minimum absolute atomic E-state index is 0.371. The molecular formula is C15H14Cl4N2. The second-order valence-corrected chi connectivity index (χ2v) is 6.17. The van der Waals surface area contributed by atoms with Crippen molar-refractivity contribution in [2.45, 2.75) is 19.9 Å². The molecule has 6 heteroatoms. The zero-order valence-electron chi connectivity index (χ0n) is 11.4. The second-order valence-electron chi connectivity index (χ2n) is 4.60. The number of rotatable bonds is 5. The van der Waals surface area contributed by atoms with Crippen molar-refractivity contribution < 1.29 is 0 Å². The molecular weight excluding hydrogens is 350 g/mol. The van der Waals surface area contributed by atoms with E-state index in [1.165, 1.54) is 6.07 Å². The Bertz CT molecular complexity index is 618. The van der Waals surface area contributed by atoms with Crippen molar-refractivity contribution in [3.8, 4) is 11.1 Å². The summed E-state index contributed by atoms with van der Waals surface area (Å²) in [7, 11) is 0. The van der Waals surface area contributed by atoms with Gasteiger partial charge in [-0.15, -0.1) is 0 Å². The molecule has 0 amide bonds. The van der Waals surface area contributed by atoms with E-state index < -0.39 is 0 Å². The van der Waals surface area contributed by atoms with E-state index in [-0.39, 0.29) is 0 Å². The topological polar surface area (TPSA) is 24.9 Å². The number of aromatic nitrogens is 1. The Morgan fingerprint density at radius 1 is 1.00 bits per heavy atom. The van der Waals surface area contributed by atoms with Crippen molar-refractivity contribution in [3.63, 3.8) is 0 Å². The zero-order valence-corrected chi connectivity index (χ0v) is 14.4. The smallest absolute Gasteiger partial charge is 0.0687 e. The Labute approximate surface area is 144 Å². The van der Waals surface area contributed by atoms with Crippen molar-refractivity contribution in [1.82, 2.24) is 10.3 Å². The monoisotopic (exact) mass is 362 g/mol. The first kappa shape index (κ1) is 16.9. The standard InChI is InChI=1S/C15H14Cl4N2/c1-2-3-20-6-9-4-10(8-21-7-9)13-14(18)11(16)5-12(17)15(13)19/h4-5,7-8,20H,2-3,6H2,1H3. The van der Waals surface area contributed by atoms with Crippen molar-refractivity contribution in [2.24, 2.45) is 0 Å². The number of hydrogen-bond donors (Lipinski definition) is 1. The summed E-state index contributed by atoms with van der Waals surface area (Å²) >= 11 is 24.7. The van der Waals surface area contributed by atoms with Crippen LogP contribution in [0, 0.1) is 0 Å². The maximum Gasteiger partial charge on any atom is 0.0687 e. The van der Waals surface area contributed by atoms with Gasteiger partial charge in [0.2, 0.25) is 0 Å². The predicted molar refractivity (Wildman–Crippen MR) is 91.7 cm³/mol. The molecule has 21 heavy (non-hydrogen) atoms. The predicted octanol–water partition coefficient (Wildman–Crippen LogP) is 5.86. The molecule has 112 valence electrons. The van der Waals surface area contributed by atoms with Crippen LogP contribution in [-0.2, 0) is 6.54 Å². The van der Waals surface area contributed by atoms with Crippen LogP contribution >= 0.6 is 46.4 Å². The van der Waals surface area contributed by atoms with Gasteiger partial charge in [-0.2, -0.15) is 0 Å². The quantitative estimate of drug-likeness (QED) is 0.531. The summed E-state index contributed by atoms with van der Waals surface area (Å²) in [6.45, 7) is 3.81. The summed E-state index contributed by atoms with van der Waals surface area (Å²) in [5.41, 5.74) is 2.45. The van der Waals surface area contributed by atoms with Gasteiger partial charge in [-0.3, -0.25) is 4.98 Å². The molecule has 0 unspecified atom stereocenters. The highest BCUT2D eigenvalue weighted by atomic mass is 35.5. The Morgan fingerprint density at radius 3 is 2.29 bits per heavy atom. The highest BCUT2D eigenvalue weighted by molar-refractivity contribution is 6.50. The third-order valence-corrected chi connectivity index (χ3v) is 4.53. The highest BCUT2D eigenvalue weighted by Gasteiger charge is 2.16. The summed E-state index contributed by atoms with van der Waals surface area (Å²) in [6.07, 6.45) is 4.58. The normalized spacial score (nSPS) is 10.9. The van der Waals surface area contributed by atoms with Gasteiger partial charge in [-0.25, -0.2) is 0 Å². The zero-order chi connectivity index (χ0) is 15.4. The van der Waals surface area contributed by atoms with Crippen LogP contribution in [0.3, 0.4) is 0 Å². The molecule has 0 radical (unpaired) electrons. The Hall–Kier alpha value is -0.510. The number of halogens is 4. The van der Waals surface area contributed by atoms with E-state index in [0.29, 0.717) is 25.7 Å². The SMILES string of the molecule is CCCNCc1cncc(-c2c(Cl)c(Cl)cc(Cl)c2Cl)c1. The van der Waals surface area contributed by atoms with Crippen LogP contribution in [0.5, 0.6) is 0 Å². The first-order valence-electron chi connectivity index (χ1n) is 6.52. The molecule has 0 spiro atoms. The molecule has 0 aliphatic rings. The van der Waals surface area contributed by atoms with Crippen LogP contribution in [0.2, 0.25) is 20.1 Å². The third kappa shape index (κ3) is 4.02. The fourth-order valence-electron chi connectivity index (χ4n) is 1.96. The number of pyridine rings is 1. The maximum absolute atomic E-state index is 6.27. The van der Waals surface area contributed by atoms with E-state index in [4.69, 9.17) is 46.4 Å². The lowest BCUT2D eigenvalue weighted by Gasteiger charge is -2.11. The fraction of sp³-hybridized carbons (Fsp3) is 0.267. The summed E-state index contributed by atoms with van der Waals surface area (Å²) in [5.74, 6) is 0. The van der Waals surface area contributed by atoms with Gasteiger partial charge in [0.05, 0.1) is 20.1 Å². The average molecular weight is 364 g/mol. The summed E-state index contributed by atoms with van der Waals surface area (Å²) in [5, 5.41) is 4.83. The van der Waals surface area contributed by atoms with Crippen molar-refractivity contribution >= 4 is 46.4 Å². The highest BCUT2D eigenvalue weighted by Crippen LogP contribution is 2.43. The van der Waals surface area contributed by atoms with Crippen LogP contribution in [0.4, 0.5) is 0 Å². The van der Waals surface area contributed by atoms with Crippen LogP contribution in [0.25, 0.3) is 11.1 Å².